The number of hydrogen-bond acceptors (Lipinski definition) is 3. The Balaban J connectivity index is 2.31. The van der Waals surface area contributed by atoms with Gasteiger partial charge < -0.3 is 10.2 Å². The second-order valence-electron chi connectivity index (χ2n) is 4.86. The average molecular weight is 308 g/mol. The number of hydrogen-bond donors (Lipinski definition) is 1. The summed E-state index contributed by atoms with van der Waals surface area (Å²) in [4.78, 5) is 2.37. The first kappa shape index (κ1) is 13.4. The van der Waals surface area contributed by atoms with E-state index in [9.17, 15) is 0 Å². The van der Waals surface area contributed by atoms with E-state index in [1.54, 1.807) is 0 Å². The lowest BCUT2D eigenvalue weighted by molar-refractivity contribution is 0.417. The van der Waals surface area contributed by atoms with Crippen LogP contribution < -0.4 is 10.2 Å². The quantitative estimate of drug-likeness (QED) is 0.913. The standard InChI is InChI=1S/C14H18BrN3/c1-10-3-4-12(7-14(10)15)18-11(2)8-17-9-13(18)5-6-16/h3-4,7,11,13,17H,5,8-9H2,1-2H3. The van der Waals surface area contributed by atoms with Gasteiger partial charge in [0.05, 0.1) is 18.5 Å². The second-order valence-corrected chi connectivity index (χ2v) is 5.72. The van der Waals surface area contributed by atoms with Gasteiger partial charge in [-0.3, -0.25) is 0 Å². The molecule has 0 aliphatic carbocycles. The topological polar surface area (TPSA) is 39.1 Å². The van der Waals surface area contributed by atoms with Crippen LogP contribution in [-0.4, -0.2) is 25.2 Å². The molecule has 1 aromatic rings. The van der Waals surface area contributed by atoms with Crippen LogP contribution in [0.1, 0.15) is 18.9 Å². The zero-order chi connectivity index (χ0) is 13.1. The first-order valence-electron chi connectivity index (χ1n) is 6.25. The lowest BCUT2D eigenvalue weighted by Gasteiger charge is -2.42. The van der Waals surface area contributed by atoms with Gasteiger partial charge in [-0.25, -0.2) is 0 Å². The van der Waals surface area contributed by atoms with Crippen molar-refractivity contribution in [1.29, 1.82) is 5.26 Å². The minimum Gasteiger partial charge on any atom is -0.362 e. The minimum atomic E-state index is 0.258. The molecule has 0 saturated carbocycles. The smallest absolute Gasteiger partial charge is 0.0643 e. The van der Waals surface area contributed by atoms with Crippen LogP contribution >= 0.6 is 15.9 Å². The Hall–Kier alpha value is -1.05. The highest BCUT2D eigenvalue weighted by molar-refractivity contribution is 9.10. The summed E-state index contributed by atoms with van der Waals surface area (Å²) < 4.78 is 1.13. The highest BCUT2D eigenvalue weighted by Gasteiger charge is 2.27. The third-order valence-corrected chi connectivity index (χ3v) is 4.32. The largest absolute Gasteiger partial charge is 0.362 e. The van der Waals surface area contributed by atoms with Crippen LogP contribution in [0.15, 0.2) is 22.7 Å². The van der Waals surface area contributed by atoms with Gasteiger partial charge in [0.25, 0.3) is 0 Å². The third kappa shape index (κ3) is 2.68. The van der Waals surface area contributed by atoms with E-state index in [-0.39, 0.29) is 6.04 Å². The number of nitrogens with zero attached hydrogens (tertiary/aromatic N) is 2. The number of benzene rings is 1. The minimum absolute atomic E-state index is 0.258. The van der Waals surface area contributed by atoms with Crippen LogP contribution in [0.2, 0.25) is 0 Å². The number of nitrogens with one attached hydrogen (secondary N) is 1. The fraction of sp³-hybridized carbons (Fsp3) is 0.500. The molecule has 1 aliphatic heterocycles. The van der Waals surface area contributed by atoms with Gasteiger partial charge in [0.2, 0.25) is 0 Å². The molecule has 0 bridgehead atoms. The summed E-state index contributed by atoms with van der Waals surface area (Å²) in [5.41, 5.74) is 2.43. The maximum Gasteiger partial charge on any atom is 0.0643 e. The molecule has 0 radical (unpaired) electrons. The summed E-state index contributed by atoms with van der Waals surface area (Å²) in [6.45, 7) is 6.13. The highest BCUT2D eigenvalue weighted by atomic mass is 79.9. The van der Waals surface area contributed by atoms with Crippen molar-refractivity contribution >= 4 is 21.6 Å². The fourth-order valence-corrected chi connectivity index (χ4v) is 2.87. The SMILES string of the molecule is Cc1ccc(N2C(C)CNCC2CC#N)cc1Br. The molecule has 1 aliphatic rings. The van der Waals surface area contributed by atoms with Gasteiger partial charge in [0, 0.05) is 29.3 Å². The van der Waals surface area contributed by atoms with Gasteiger partial charge in [-0.15, -0.1) is 0 Å². The maximum absolute atomic E-state index is 8.95. The summed E-state index contributed by atoms with van der Waals surface area (Å²) in [7, 11) is 0. The predicted octanol–water partition coefficient (Wildman–Crippen LogP) is 2.84. The monoisotopic (exact) mass is 307 g/mol. The van der Waals surface area contributed by atoms with Crippen molar-refractivity contribution in [1.82, 2.24) is 5.32 Å². The summed E-state index contributed by atoms with van der Waals surface area (Å²) in [5, 5.41) is 12.3. The van der Waals surface area contributed by atoms with Crippen molar-refractivity contribution in [3.05, 3.63) is 28.2 Å². The first-order valence-corrected chi connectivity index (χ1v) is 7.05. The molecule has 1 N–H and O–H groups in total. The highest BCUT2D eigenvalue weighted by Crippen LogP contribution is 2.28. The average Bonchev–Trinajstić information content (AvgIpc) is 2.34. The van der Waals surface area contributed by atoms with Crippen LogP contribution in [0.4, 0.5) is 5.69 Å². The first-order chi connectivity index (χ1) is 8.63. The molecule has 0 aromatic heterocycles. The van der Waals surface area contributed by atoms with Gasteiger partial charge in [0.1, 0.15) is 0 Å². The van der Waals surface area contributed by atoms with Crippen molar-refractivity contribution in [3.63, 3.8) is 0 Å². The molecule has 2 unspecified atom stereocenters. The third-order valence-electron chi connectivity index (χ3n) is 3.47. The van der Waals surface area contributed by atoms with Crippen LogP contribution in [0.3, 0.4) is 0 Å². The second kappa shape index (κ2) is 5.73. The Bertz CT molecular complexity index is 467. The molecule has 1 saturated heterocycles. The van der Waals surface area contributed by atoms with E-state index in [1.807, 2.05) is 0 Å². The summed E-state index contributed by atoms with van der Waals surface area (Å²) in [5.74, 6) is 0. The Morgan fingerprint density at radius 3 is 2.94 bits per heavy atom. The molecule has 1 aromatic carbocycles. The molecule has 96 valence electrons. The van der Waals surface area contributed by atoms with E-state index in [0.717, 1.165) is 17.6 Å². The zero-order valence-corrected chi connectivity index (χ0v) is 12.4. The van der Waals surface area contributed by atoms with E-state index in [1.165, 1.54) is 11.3 Å². The van der Waals surface area contributed by atoms with Crippen molar-refractivity contribution < 1.29 is 0 Å². The Morgan fingerprint density at radius 2 is 2.28 bits per heavy atom. The molecule has 3 nitrogen and oxygen atoms in total. The van der Waals surface area contributed by atoms with Crippen LogP contribution in [-0.2, 0) is 0 Å². The van der Waals surface area contributed by atoms with E-state index in [0.29, 0.717) is 12.5 Å². The van der Waals surface area contributed by atoms with Crippen LogP contribution in [0, 0.1) is 18.3 Å². The molecule has 18 heavy (non-hydrogen) atoms. The number of aryl methyl sites for hydroxylation is 1. The van der Waals surface area contributed by atoms with Crippen molar-refractivity contribution in [2.24, 2.45) is 0 Å². The van der Waals surface area contributed by atoms with Crippen LogP contribution in [0.5, 0.6) is 0 Å². The van der Waals surface area contributed by atoms with E-state index < -0.39 is 0 Å². The molecule has 2 rings (SSSR count). The van der Waals surface area contributed by atoms with E-state index in [2.05, 4.69) is 64.3 Å². The maximum atomic E-state index is 8.95. The summed E-state index contributed by atoms with van der Waals surface area (Å²) in [6.07, 6.45) is 0.558. The molecule has 0 amide bonds. The zero-order valence-electron chi connectivity index (χ0n) is 10.8. The molecule has 2 atom stereocenters. The predicted molar refractivity (Wildman–Crippen MR) is 77.7 cm³/mol. The lowest BCUT2D eigenvalue weighted by Crippen LogP contribution is -2.56. The van der Waals surface area contributed by atoms with E-state index >= 15 is 0 Å². The Labute approximate surface area is 117 Å². The summed E-state index contributed by atoms with van der Waals surface area (Å²) >= 11 is 3.58. The van der Waals surface area contributed by atoms with E-state index in [4.69, 9.17) is 5.26 Å². The lowest BCUT2D eigenvalue weighted by atomic mass is 10.0. The molecule has 4 heteroatoms. The Kier molecular flexibility index (Phi) is 4.26. The van der Waals surface area contributed by atoms with Gasteiger partial charge in [0.15, 0.2) is 0 Å². The number of anilines is 1. The van der Waals surface area contributed by atoms with Crippen molar-refractivity contribution in [3.8, 4) is 6.07 Å². The molecular weight excluding hydrogens is 290 g/mol. The van der Waals surface area contributed by atoms with Gasteiger partial charge in [-0.05, 0) is 31.5 Å². The number of rotatable bonds is 2. The van der Waals surface area contributed by atoms with Gasteiger partial charge in [-0.2, -0.15) is 5.26 Å². The summed E-state index contributed by atoms with van der Waals surface area (Å²) in [6, 6.07) is 9.38. The van der Waals surface area contributed by atoms with Crippen molar-refractivity contribution in [2.75, 3.05) is 18.0 Å². The molecule has 1 fully saturated rings. The van der Waals surface area contributed by atoms with Crippen molar-refractivity contribution in [2.45, 2.75) is 32.4 Å². The fourth-order valence-electron chi connectivity index (χ4n) is 2.50. The van der Waals surface area contributed by atoms with Gasteiger partial charge in [-0.1, -0.05) is 22.0 Å². The number of nitriles is 1. The van der Waals surface area contributed by atoms with Crippen LogP contribution in [0.25, 0.3) is 0 Å². The number of piperazine rings is 1. The normalized spacial score (nSPS) is 23.8. The molecule has 1 heterocycles. The molecule has 0 spiro atoms. The molecular formula is C14H18BrN3. The van der Waals surface area contributed by atoms with Gasteiger partial charge >= 0.3 is 0 Å². The number of halogens is 1. The Morgan fingerprint density at radius 1 is 1.50 bits per heavy atom.